The lowest BCUT2D eigenvalue weighted by Gasteiger charge is -1.75. The van der Waals surface area contributed by atoms with E-state index >= 15 is 0 Å². The van der Waals surface area contributed by atoms with Crippen molar-refractivity contribution in [1.29, 1.82) is 0 Å². The Kier molecular flexibility index (Phi) is 6.13. The molecule has 0 atom stereocenters. The monoisotopic (exact) mass is 166 g/mol. The van der Waals surface area contributed by atoms with E-state index in [4.69, 9.17) is 15.1 Å². The summed E-state index contributed by atoms with van der Waals surface area (Å²) in [7, 11) is -8.78. The predicted molar refractivity (Wildman–Crippen MR) is 22.6 cm³/mol. The Morgan fingerprint density at radius 1 is 0.889 bits per heavy atom. The maximum Gasteiger partial charge on any atom is 0.844 e. The molecule has 0 saturated carbocycles. The van der Waals surface area contributed by atoms with Crippen LogP contribution in [0, 0.1) is 0 Å². The molecule has 0 aliphatic rings. The van der Waals surface area contributed by atoms with Crippen molar-refractivity contribution < 1.29 is 31.5 Å². The first-order valence-corrected chi connectivity index (χ1v) is 3.04. The summed E-state index contributed by atoms with van der Waals surface area (Å²) in [6.45, 7) is 0. The smallest absolute Gasteiger partial charge is 0.402 e. The first-order valence-electron chi connectivity index (χ1n) is 1.53. The summed E-state index contributed by atoms with van der Waals surface area (Å²) in [5.41, 5.74) is 0. The highest BCUT2D eigenvalue weighted by Gasteiger charge is 2.39. The zero-order valence-corrected chi connectivity index (χ0v) is 4.93. The SMILES string of the molecule is F[Si](F)(F)F.OB(O)O. The lowest BCUT2D eigenvalue weighted by atomic mass is 10.3. The van der Waals surface area contributed by atoms with Crippen molar-refractivity contribution in [2.75, 3.05) is 0 Å². The van der Waals surface area contributed by atoms with Gasteiger partial charge in [0, 0.05) is 0 Å². The van der Waals surface area contributed by atoms with Crippen molar-refractivity contribution in [3.05, 3.63) is 0 Å². The molecule has 0 bridgehead atoms. The molecule has 0 spiro atoms. The van der Waals surface area contributed by atoms with Gasteiger partial charge in [-0.15, -0.1) is 0 Å². The van der Waals surface area contributed by atoms with Gasteiger partial charge in [0.2, 0.25) is 0 Å². The second kappa shape index (κ2) is 4.73. The van der Waals surface area contributed by atoms with Crippen molar-refractivity contribution in [1.82, 2.24) is 0 Å². The van der Waals surface area contributed by atoms with Gasteiger partial charge in [0.05, 0.1) is 0 Å². The molecule has 9 heavy (non-hydrogen) atoms. The van der Waals surface area contributed by atoms with Crippen LogP contribution in [0.4, 0.5) is 16.4 Å². The Morgan fingerprint density at radius 2 is 0.889 bits per heavy atom. The molecule has 0 aromatic heterocycles. The van der Waals surface area contributed by atoms with E-state index in [1.807, 2.05) is 0 Å². The Morgan fingerprint density at radius 3 is 0.889 bits per heavy atom. The van der Waals surface area contributed by atoms with Crippen LogP contribution in [0.15, 0.2) is 0 Å². The Labute approximate surface area is 49.4 Å². The van der Waals surface area contributed by atoms with Gasteiger partial charge in [-0.1, -0.05) is 0 Å². The van der Waals surface area contributed by atoms with Crippen molar-refractivity contribution in [3.8, 4) is 0 Å². The fraction of sp³-hybridized carbons (Fsp3) is 0. The van der Waals surface area contributed by atoms with Crippen LogP contribution in [-0.2, 0) is 0 Å². The molecule has 9 heteroatoms. The van der Waals surface area contributed by atoms with Crippen LogP contribution < -0.4 is 0 Å². The molecule has 0 aromatic carbocycles. The molecule has 3 N–H and O–H groups in total. The van der Waals surface area contributed by atoms with Gasteiger partial charge >= 0.3 is 16.7 Å². The van der Waals surface area contributed by atoms with E-state index in [9.17, 15) is 16.4 Å². The largest absolute Gasteiger partial charge is 0.844 e. The first-order chi connectivity index (χ1) is 3.73. The van der Waals surface area contributed by atoms with E-state index in [0.29, 0.717) is 0 Å². The summed E-state index contributed by atoms with van der Waals surface area (Å²) < 4.78 is 39.3. The molecule has 0 rings (SSSR count). The highest BCUT2D eigenvalue weighted by atomic mass is 28.5. The van der Waals surface area contributed by atoms with Crippen LogP contribution >= 0.6 is 0 Å². The van der Waals surface area contributed by atoms with E-state index < -0.39 is 16.7 Å². The van der Waals surface area contributed by atoms with Gasteiger partial charge in [-0.05, 0) is 0 Å². The fourth-order valence-electron chi connectivity index (χ4n) is 0. The van der Waals surface area contributed by atoms with Crippen LogP contribution in [0.5, 0.6) is 0 Å². The number of halogens is 4. The van der Waals surface area contributed by atoms with Gasteiger partial charge in [-0.25, -0.2) is 16.4 Å². The molecule has 56 valence electrons. The zero-order chi connectivity index (χ0) is 8.08. The number of hydrogen-bond acceptors (Lipinski definition) is 3. The molecule has 0 unspecified atom stereocenters. The van der Waals surface area contributed by atoms with Crippen LogP contribution in [-0.4, -0.2) is 31.8 Å². The molecular weight excluding hydrogens is 163 g/mol. The third-order valence-corrected chi connectivity index (χ3v) is 0. The molecule has 0 radical (unpaired) electrons. The van der Waals surface area contributed by atoms with Crippen molar-refractivity contribution in [3.63, 3.8) is 0 Å². The molecule has 0 heterocycles. The minimum absolute atomic E-state index is 2.17. The summed E-state index contributed by atoms with van der Waals surface area (Å²) in [6, 6.07) is 0. The normalized spacial score (nSPS) is 9.67. The lowest BCUT2D eigenvalue weighted by molar-refractivity contribution is 0.278. The molecule has 0 saturated heterocycles. The van der Waals surface area contributed by atoms with Crippen LogP contribution in [0.3, 0.4) is 0 Å². The third kappa shape index (κ3) is 19500. The Balaban J connectivity index is 0. The topological polar surface area (TPSA) is 60.7 Å². The molecule has 0 aliphatic carbocycles. The zero-order valence-electron chi connectivity index (χ0n) is 3.93. The maximum absolute atomic E-state index is 9.83. The second-order valence-corrected chi connectivity index (χ2v) is 1.63. The summed E-state index contributed by atoms with van der Waals surface area (Å²) in [6.07, 6.45) is 0. The quantitative estimate of drug-likeness (QED) is 0.252. The van der Waals surface area contributed by atoms with Crippen molar-refractivity contribution in [2.24, 2.45) is 0 Å². The van der Waals surface area contributed by atoms with Gasteiger partial charge in [0.1, 0.15) is 0 Å². The second-order valence-electron chi connectivity index (χ2n) is 0.775. The van der Waals surface area contributed by atoms with Crippen LogP contribution in [0.1, 0.15) is 0 Å². The van der Waals surface area contributed by atoms with Gasteiger partial charge in [0.15, 0.2) is 0 Å². The molecule has 0 aromatic rings. The maximum atomic E-state index is 9.83. The first kappa shape index (κ1) is 11.7. The average Bonchev–Trinajstić information content (AvgIpc) is 1.19. The van der Waals surface area contributed by atoms with E-state index in [0.717, 1.165) is 0 Å². The minimum Gasteiger partial charge on any atom is -0.402 e. The van der Waals surface area contributed by atoms with Gasteiger partial charge in [-0.3, -0.25) is 0 Å². The molecule has 3 nitrogen and oxygen atoms in total. The summed E-state index contributed by atoms with van der Waals surface area (Å²) in [5.74, 6) is 0. The Bertz CT molecular complexity index is 52.6. The van der Waals surface area contributed by atoms with E-state index in [1.165, 1.54) is 0 Å². The van der Waals surface area contributed by atoms with Gasteiger partial charge in [0.25, 0.3) is 0 Å². The lowest BCUT2D eigenvalue weighted by Crippen LogP contribution is -2.07. The minimum atomic E-state index is -6.61. The highest BCUT2D eigenvalue weighted by molar-refractivity contribution is 6.50. The predicted octanol–water partition coefficient (Wildman–Crippen LogP) is -0.752. The Hall–Kier alpha value is -0.118. The molecule has 0 aliphatic heterocycles. The standard InChI is InChI=1S/BH3O3.F4Si/c2-1(3)4;1-5(2,3)4/h2-4H;. The summed E-state index contributed by atoms with van der Waals surface area (Å²) in [5, 5.41) is 21.5. The fourth-order valence-corrected chi connectivity index (χ4v) is 0. The van der Waals surface area contributed by atoms with Gasteiger partial charge in [-0.2, -0.15) is 0 Å². The summed E-state index contributed by atoms with van der Waals surface area (Å²) >= 11 is 0. The van der Waals surface area contributed by atoms with Crippen molar-refractivity contribution >= 4 is 16.7 Å². The summed E-state index contributed by atoms with van der Waals surface area (Å²) in [4.78, 5) is 0. The van der Waals surface area contributed by atoms with E-state index in [-0.39, 0.29) is 0 Å². The average molecular weight is 166 g/mol. The van der Waals surface area contributed by atoms with Crippen molar-refractivity contribution in [2.45, 2.75) is 0 Å². The van der Waals surface area contributed by atoms with E-state index in [1.54, 1.807) is 0 Å². The van der Waals surface area contributed by atoms with Crippen LogP contribution in [0.2, 0.25) is 0 Å². The van der Waals surface area contributed by atoms with Gasteiger partial charge < -0.3 is 15.1 Å². The molecule has 0 fully saturated rings. The number of rotatable bonds is 0. The number of hydrogen-bond donors (Lipinski definition) is 3. The highest BCUT2D eigenvalue weighted by Crippen LogP contribution is 2.06. The third-order valence-electron chi connectivity index (χ3n) is 0. The van der Waals surface area contributed by atoms with E-state index in [2.05, 4.69) is 0 Å². The molecular formula is H3BF4O3Si. The molecule has 0 amide bonds. The van der Waals surface area contributed by atoms with Crippen LogP contribution in [0.25, 0.3) is 0 Å².